The van der Waals surface area contributed by atoms with Crippen LogP contribution in [0.5, 0.6) is 0 Å². The molecule has 3 amide bonds. The van der Waals surface area contributed by atoms with Crippen LogP contribution >= 0.6 is 0 Å². The van der Waals surface area contributed by atoms with Gasteiger partial charge in [-0.15, -0.1) is 0 Å². The summed E-state index contributed by atoms with van der Waals surface area (Å²) in [5.74, 6) is -1.85. The molecule has 0 aromatic rings. The van der Waals surface area contributed by atoms with Gasteiger partial charge in [0, 0.05) is 19.0 Å². The third-order valence-electron chi connectivity index (χ3n) is 5.10. The number of carboxylic acid groups (broad SMARTS) is 1. The van der Waals surface area contributed by atoms with Crippen LogP contribution in [-0.4, -0.2) is 64.7 Å². The maximum absolute atomic E-state index is 13.0. The Bertz CT molecular complexity index is 648. The van der Waals surface area contributed by atoms with Crippen molar-refractivity contribution < 1.29 is 29.0 Å². The lowest BCUT2D eigenvalue weighted by Gasteiger charge is -2.35. The molecule has 0 radical (unpaired) electrons. The smallest absolute Gasteiger partial charge is 0.408 e. The molecule has 0 aromatic heterocycles. The van der Waals surface area contributed by atoms with Crippen molar-refractivity contribution in [3.8, 4) is 0 Å². The first-order valence-electron chi connectivity index (χ1n) is 11.0. The van der Waals surface area contributed by atoms with Crippen LogP contribution in [0.4, 0.5) is 4.79 Å². The first kappa shape index (κ1) is 26.7. The summed E-state index contributed by atoms with van der Waals surface area (Å²) in [5.41, 5.74) is -0.663. The third kappa shape index (κ3) is 9.14. The zero-order valence-corrected chi connectivity index (χ0v) is 19.9. The van der Waals surface area contributed by atoms with Crippen molar-refractivity contribution in [3.63, 3.8) is 0 Å². The number of likely N-dealkylation sites (tertiary alicyclic amines) is 1. The number of carbonyl (C=O) groups is 4. The first-order chi connectivity index (χ1) is 14.2. The minimum absolute atomic E-state index is 0.131. The fourth-order valence-corrected chi connectivity index (χ4v) is 3.49. The van der Waals surface area contributed by atoms with E-state index in [1.165, 1.54) is 0 Å². The largest absolute Gasteiger partial charge is 0.480 e. The number of carbonyl (C=O) groups excluding carboxylic acids is 3. The van der Waals surface area contributed by atoms with E-state index in [2.05, 4.69) is 10.6 Å². The molecule has 0 spiro atoms. The second-order valence-electron chi connectivity index (χ2n) is 10.00. The van der Waals surface area contributed by atoms with Crippen LogP contribution in [0.2, 0.25) is 0 Å². The number of aliphatic carboxylic acids is 1. The minimum Gasteiger partial charge on any atom is -0.480 e. The van der Waals surface area contributed by atoms with E-state index in [0.29, 0.717) is 32.4 Å². The summed E-state index contributed by atoms with van der Waals surface area (Å²) in [6, 6.07) is -1.63. The van der Waals surface area contributed by atoms with Crippen molar-refractivity contribution in [3.05, 3.63) is 0 Å². The first-order valence-corrected chi connectivity index (χ1v) is 11.0. The fourth-order valence-electron chi connectivity index (χ4n) is 3.49. The number of hydrogen-bond donors (Lipinski definition) is 3. The van der Waals surface area contributed by atoms with E-state index in [9.17, 15) is 24.3 Å². The lowest BCUT2D eigenvalue weighted by molar-refractivity contribution is -0.143. The molecule has 178 valence electrons. The van der Waals surface area contributed by atoms with Gasteiger partial charge in [-0.2, -0.15) is 0 Å². The van der Waals surface area contributed by atoms with Crippen molar-refractivity contribution >= 4 is 23.9 Å². The van der Waals surface area contributed by atoms with E-state index >= 15 is 0 Å². The molecule has 1 rings (SSSR count). The highest BCUT2D eigenvalue weighted by Gasteiger charge is 2.34. The highest BCUT2D eigenvalue weighted by Crippen LogP contribution is 2.20. The van der Waals surface area contributed by atoms with Crippen molar-refractivity contribution in [2.24, 2.45) is 17.8 Å². The molecule has 1 aliphatic rings. The number of amides is 3. The molecule has 0 aromatic carbocycles. The quantitative estimate of drug-likeness (QED) is 0.531. The van der Waals surface area contributed by atoms with Gasteiger partial charge in [0.2, 0.25) is 11.8 Å². The summed E-state index contributed by atoms with van der Waals surface area (Å²) in [5, 5.41) is 14.6. The van der Waals surface area contributed by atoms with Gasteiger partial charge < -0.3 is 25.4 Å². The predicted octanol–water partition coefficient (Wildman–Crippen LogP) is 2.39. The van der Waals surface area contributed by atoms with Crippen molar-refractivity contribution in [2.75, 3.05) is 13.1 Å². The molecule has 9 heteroatoms. The van der Waals surface area contributed by atoms with Gasteiger partial charge >= 0.3 is 12.1 Å². The number of hydrogen-bond acceptors (Lipinski definition) is 5. The molecule has 9 nitrogen and oxygen atoms in total. The summed E-state index contributed by atoms with van der Waals surface area (Å²) >= 11 is 0. The Balaban J connectivity index is 2.66. The second-order valence-corrected chi connectivity index (χ2v) is 10.00. The monoisotopic (exact) mass is 441 g/mol. The zero-order valence-electron chi connectivity index (χ0n) is 19.9. The molecular formula is C22H39N3O6. The number of carboxylic acids is 1. The topological polar surface area (TPSA) is 125 Å². The highest BCUT2D eigenvalue weighted by atomic mass is 16.6. The van der Waals surface area contributed by atoms with Crippen LogP contribution < -0.4 is 10.6 Å². The Morgan fingerprint density at radius 2 is 1.58 bits per heavy atom. The van der Waals surface area contributed by atoms with Crippen molar-refractivity contribution in [2.45, 2.75) is 85.4 Å². The summed E-state index contributed by atoms with van der Waals surface area (Å²) in [6.07, 6.45) is 0.620. The number of nitrogens with one attached hydrogen (secondary N) is 2. The lowest BCUT2D eigenvalue weighted by atomic mass is 9.93. The molecule has 0 bridgehead atoms. The third-order valence-corrected chi connectivity index (χ3v) is 5.10. The number of piperidine rings is 1. The van der Waals surface area contributed by atoms with Crippen molar-refractivity contribution in [1.29, 1.82) is 0 Å². The normalized spacial score (nSPS) is 17.3. The molecule has 3 N–H and O–H groups in total. The number of alkyl carbamates (subject to hydrolysis) is 1. The molecule has 0 aliphatic carbocycles. The predicted molar refractivity (Wildman–Crippen MR) is 116 cm³/mol. The van der Waals surface area contributed by atoms with E-state index in [0.717, 1.165) is 0 Å². The minimum atomic E-state index is -1.04. The molecule has 2 atom stereocenters. The molecule has 1 heterocycles. The molecule has 1 aliphatic heterocycles. The Morgan fingerprint density at radius 1 is 1.03 bits per heavy atom. The Kier molecular flexibility index (Phi) is 9.77. The molecule has 1 saturated heterocycles. The highest BCUT2D eigenvalue weighted by molar-refractivity contribution is 5.87. The summed E-state index contributed by atoms with van der Waals surface area (Å²) < 4.78 is 5.27. The van der Waals surface area contributed by atoms with Crippen LogP contribution in [0, 0.1) is 17.8 Å². The SMILES string of the molecule is CC(C)CC(NC(=O)C1CCN(C(=O)C(NC(=O)OC(C)(C)C)C(C)C)CC1)C(=O)O. The zero-order chi connectivity index (χ0) is 23.9. The number of ether oxygens (including phenoxy) is 1. The average Bonchev–Trinajstić information content (AvgIpc) is 2.63. The van der Waals surface area contributed by atoms with E-state index in [1.54, 1.807) is 25.7 Å². The van der Waals surface area contributed by atoms with Crippen LogP contribution in [0.1, 0.15) is 67.7 Å². The van der Waals surface area contributed by atoms with Crippen LogP contribution in [0.25, 0.3) is 0 Å². The Morgan fingerprint density at radius 3 is 2.00 bits per heavy atom. The van der Waals surface area contributed by atoms with Crippen LogP contribution in [-0.2, 0) is 19.1 Å². The van der Waals surface area contributed by atoms with Gasteiger partial charge in [-0.3, -0.25) is 9.59 Å². The van der Waals surface area contributed by atoms with E-state index in [1.807, 2.05) is 27.7 Å². The van der Waals surface area contributed by atoms with Crippen LogP contribution in [0.15, 0.2) is 0 Å². The van der Waals surface area contributed by atoms with Gasteiger partial charge in [-0.05, 0) is 51.9 Å². The van der Waals surface area contributed by atoms with Gasteiger partial charge in [-0.1, -0.05) is 27.7 Å². The van der Waals surface area contributed by atoms with Gasteiger partial charge in [0.25, 0.3) is 0 Å². The Labute approximate surface area is 185 Å². The molecule has 0 saturated carbocycles. The van der Waals surface area contributed by atoms with Gasteiger partial charge in [0.15, 0.2) is 0 Å². The summed E-state index contributed by atoms with van der Waals surface area (Å²) in [6.45, 7) is 13.5. The summed E-state index contributed by atoms with van der Waals surface area (Å²) in [4.78, 5) is 50.7. The van der Waals surface area contributed by atoms with Crippen molar-refractivity contribution in [1.82, 2.24) is 15.5 Å². The van der Waals surface area contributed by atoms with Crippen LogP contribution in [0.3, 0.4) is 0 Å². The maximum atomic E-state index is 13.0. The molecule has 2 unspecified atom stereocenters. The second kappa shape index (κ2) is 11.3. The van der Waals surface area contributed by atoms with Gasteiger partial charge in [0.1, 0.15) is 17.7 Å². The van der Waals surface area contributed by atoms with Gasteiger partial charge in [0.05, 0.1) is 0 Å². The molecular weight excluding hydrogens is 402 g/mol. The van der Waals surface area contributed by atoms with E-state index < -0.39 is 29.7 Å². The summed E-state index contributed by atoms with van der Waals surface area (Å²) in [7, 11) is 0. The number of rotatable bonds is 8. The van der Waals surface area contributed by atoms with E-state index in [-0.39, 0.29) is 29.6 Å². The van der Waals surface area contributed by atoms with E-state index in [4.69, 9.17) is 4.74 Å². The number of nitrogens with zero attached hydrogens (tertiary/aromatic N) is 1. The molecule has 1 fully saturated rings. The van der Waals surface area contributed by atoms with Gasteiger partial charge in [-0.25, -0.2) is 9.59 Å². The molecule has 31 heavy (non-hydrogen) atoms. The average molecular weight is 442 g/mol. The fraction of sp³-hybridized carbons (Fsp3) is 0.818. The standard InChI is InChI=1S/C22H39N3O6/c1-13(2)12-16(20(28)29)23-18(26)15-8-10-25(11-9-15)19(27)17(14(3)4)24-21(30)31-22(5,6)7/h13-17H,8-12H2,1-7H3,(H,23,26)(H,24,30)(H,28,29). The lowest BCUT2D eigenvalue weighted by Crippen LogP contribution is -2.54. The maximum Gasteiger partial charge on any atom is 0.408 e. The Hall–Kier alpha value is -2.32.